The van der Waals surface area contributed by atoms with Crippen molar-refractivity contribution in [2.24, 2.45) is 11.8 Å². The highest BCUT2D eigenvalue weighted by Gasteiger charge is 2.43. The summed E-state index contributed by atoms with van der Waals surface area (Å²) in [4.78, 5) is 40.4. The average molecular weight is 649 g/mol. The molecule has 2 N–H and O–H groups in total. The van der Waals surface area contributed by atoms with Gasteiger partial charge in [-0.05, 0) is 121 Å². The molecule has 48 heavy (non-hydrogen) atoms. The molecule has 4 heterocycles. The maximum atomic E-state index is 13.4. The number of rotatable bonds is 6. The molecule has 4 unspecified atom stereocenters. The molecule has 4 atom stereocenters. The number of pyridine rings is 2. The van der Waals surface area contributed by atoms with Gasteiger partial charge in [-0.15, -0.1) is 0 Å². The van der Waals surface area contributed by atoms with Crippen molar-refractivity contribution in [1.29, 1.82) is 0 Å². The summed E-state index contributed by atoms with van der Waals surface area (Å²) in [5.41, 5.74) is 11.7. The number of amides is 2. The second-order valence-electron chi connectivity index (χ2n) is 16.7. The molecule has 2 saturated heterocycles. The fourth-order valence-corrected chi connectivity index (χ4v) is 9.47. The second kappa shape index (κ2) is 12.1. The molecule has 8 heteroatoms. The molecule has 0 saturated carbocycles. The third-order valence-electron chi connectivity index (χ3n) is 11.8. The van der Waals surface area contributed by atoms with Crippen LogP contribution < -0.4 is 10.6 Å². The summed E-state index contributed by atoms with van der Waals surface area (Å²) in [5, 5.41) is 6.43. The summed E-state index contributed by atoms with van der Waals surface area (Å²) in [6.45, 7) is 15.7. The van der Waals surface area contributed by atoms with Crippen LogP contribution in [0.4, 0.5) is 11.4 Å². The molecule has 0 spiro atoms. The Morgan fingerprint density at radius 1 is 0.688 bits per heavy atom. The number of likely N-dealkylation sites (N-methyl/N-ethyl adjacent to an activating group) is 2. The van der Waals surface area contributed by atoms with Crippen LogP contribution in [0.5, 0.6) is 0 Å². The van der Waals surface area contributed by atoms with Gasteiger partial charge >= 0.3 is 0 Å². The van der Waals surface area contributed by atoms with E-state index in [-0.39, 0.29) is 34.7 Å². The molecule has 0 bridgehead atoms. The van der Waals surface area contributed by atoms with E-state index in [1.54, 1.807) is 12.4 Å². The Morgan fingerprint density at radius 3 is 1.44 bits per heavy atom. The van der Waals surface area contributed by atoms with Gasteiger partial charge in [-0.25, -0.2) is 0 Å². The fraction of sp³-hybridized carbons (Fsp3) is 0.550. The van der Waals surface area contributed by atoms with Gasteiger partial charge in [-0.3, -0.25) is 29.4 Å². The number of carbonyl (C=O) groups is 2. The highest BCUT2D eigenvalue weighted by molar-refractivity contribution is 5.97. The van der Waals surface area contributed by atoms with Crippen molar-refractivity contribution in [2.45, 2.75) is 103 Å². The van der Waals surface area contributed by atoms with Crippen molar-refractivity contribution in [3.63, 3.8) is 0 Å². The first-order valence-corrected chi connectivity index (χ1v) is 17.9. The molecule has 2 aliphatic carbocycles. The summed E-state index contributed by atoms with van der Waals surface area (Å²) in [6, 6.07) is 4.04. The predicted octanol–water partition coefficient (Wildman–Crippen LogP) is 6.82. The van der Waals surface area contributed by atoms with Gasteiger partial charge in [0, 0.05) is 36.6 Å². The highest BCUT2D eigenvalue weighted by atomic mass is 16.2. The van der Waals surface area contributed by atoms with E-state index < -0.39 is 0 Å². The minimum Gasteiger partial charge on any atom is -0.323 e. The number of nitrogens with one attached hydrogen (secondary N) is 2. The molecule has 3 aromatic rings. The van der Waals surface area contributed by atoms with E-state index in [4.69, 9.17) is 9.97 Å². The molecule has 254 valence electrons. The second-order valence-corrected chi connectivity index (χ2v) is 16.7. The fourth-order valence-electron chi connectivity index (χ4n) is 9.47. The summed E-state index contributed by atoms with van der Waals surface area (Å²) < 4.78 is 0. The van der Waals surface area contributed by atoms with Crippen LogP contribution in [-0.2, 0) is 33.3 Å². The van der Waals surface area contributed by atoms with Crippen LogP contribution >= 0.6 is 0 Å². The number of likely N-dealkylation sites (tertiary alicyclic amines) is 2. The third kappa shape index (κ3) is 5.75. The van der Waals surface area contributed by atoms with E-state index >= 15 is 0 Å². The predicted molar refractivity (Wildman–Crippen MR) is 193 cm³/mol. The van der Waals surface area contributed by atoms with Crippen molar-refractivity contribution in [1.82, 2.24) is 19.8 Å². The first kappa shape index (κ1) is 32.9. The maximum absolute atomic E-state index is 13.4. The van der Waals surface area contributed by atoms with Gasteiger partial charge in [0.25, 0.3) is 0 Å². The van der Waals surface area contributed by atoms with Crippen LogP contribution in [0, 0.1) is 11.8 Å². The number of benzene rings is 1. The van der Waals surface area contributed by atoms with E-state index in [1.807, 2.05) is 26.5 Å². The lowest BCUT2D eigenvalue weighted by Gasteiger charge is -2.30. The minimum absolute atomic E-state index is 0.0356. The molecule has 4 aliphatic rings. The van der Waals surface area contributed by atoms with Crippen LogP contribution in [0.1, 0.15) is 89.5 Å². The van der Waals surface area contributed by atoms with Crippen molar-refractivity contribution in [2.75, 3.05) is 37.8 Å². The monoisotopic (exact) mass is 648 g/mol. The molecule has 2 aromatic heterocycles. The number of nitrogens with zero attached hydrogens (tertiary/aromatic N) is 4. The normalized spacial score (nSPS) is 26.0. The quantitative estimate of drug-likeness (QED) is 0.305. The highest BCUT2D eigenvalue weighted by Crippen LogP contribution is 2.56. The molecule has 7 rings (SSSR count). The number of hydrogen-bond donors (Lipinski definition) is 2. The Morgan fingerprint density at radius 2 is 1.08 bits per heavy atom. The third-order valence-corrected chi connectivity index (χ3v) is 11.8. The average Bonchev–Trinajstić information content (AvgIpc) is 3.74. The van der Waals surface area contributed by atoms with Crippen LogP contribution in [0.2, 0.25) is 0 Å². The Balaban J connectivity index is 1.31. The summed E-state index contributed by atoms with van der Waals surface area (Å²) in [6.07, 6.45) is 13.3. The van der Waals surface area contributed by atoms with E-state index in [2.05, 4.69) is 74.1 Å². The van der Waals surface area contributed by atoms with Gasteiger partial charge < -0.3 is 10.6 Å². The Hall–Kier alpha value is -3.62. The lowest BCUT2D eigenvalue weighted by Crippen LogP contribution is -2.37. The smallest absolute Gasteiger partial charge is 0.241 e. The lowest BCUT2D eigenvalue weighted by atomic mass is 9.74. The van der Waals surface area contributed by atoms with Crippen molar-refractivity contribution in [3.8, 4) is 22.3 Å². The van der Waals surface area contributed by atoms with Crippen LogP contribution in [-0.4, -0.2) is 70.9 Å². The number of carbonyl (C=O) groups excluding carboxylic acids is 2. The van der Waals surface area contributed by atoms with Crippen molar-refractivity contribution >= 4 is 23.2 Å². The van der Waals surface area contributed by atoms with Crippen LogP contribution in [0.25, 0.3) is 22.3 Å². The standard InChI is InChI=1S/C40H52N6O2/c1-23-13-31(45(7)21-23)37(47)43-27-15-25(17-41-19-27)33-29-9-11-40(5,6)36(29)34(30-10-12-39(3,4)35(30)33)26-16-28(20-42-18-26)44-38(48)32-14-24(2)22-46(32)8/h15-20,23-24,31-32H,9-14,21-22H2,1-8H3,(H,43,47)(H,44,48). The maximum Gasteiger partial charge on any atom is 0.241 e. The molecule has 1 aromatic carbocycles. The number of fused-ring (bicyclic) bond motifs is 2. The van der Waals surface area contributed by atoms with Crippen molar-refractivity contribution in [3.05, 3.63) is 59.2 Å². The number of hydrogen-bond acceptors (Lipinski definition) is 6. The van der Waals surface area contributed by atoms with E-state index in [0.717, 1.165) is 74.1 Å². The summed E-state index contributed by atoms with van der Waals surface area (Å²) in [7, 11) is 4.07. The lowest BCUT2D eigenvalue weighted by molar-refractivity contribution is -0.120. The molecule has 2 fully saturated rings. The SMILES string of the molecule is CC1CC(C(=O)Nc2cncc(-c3c4c(c(-c5cncc(NC(=O)C6CC(C)CN6C)c5)c5c3C(C)(C)CC5)C(C)(C)CC4)c2)N(C)C1. The molecule has 2 aliphatic heterocycles. The largest absolute Gasteiger partial charge is 0.323 e. The van der Waals surface area contributed by atoms with Gasteiger partial charge in [0.1, 0.15) is 0 Å². The zero-order chi connectivity index (χ0) is 34.1. The zero-order valence-corrected chi connectivity index (χ0v) is 30.0. The Kier molecular flexibility index (Phi) is 8.27. The van der Waals surface area contributed by atoms with Crippen molar-refractivity contribution < 1.29 is 9.59 Å². The van der Waals surface area contributed by atoms with Gasteiger partial charge in [-0.1, -0.05) is 41.5 Å². The van der Waals surface area contributed by atoms with Gasteiger partial charge in [-0.2, -0.15) is 0 Å². The first-order valence-electron chi connectivity index (χ1n) is 17.9. The van der Waals surface area contributed by atoms with Gasteiger partial charge in [0.15, 0.2) is 0 Å². The zero-order valence-electron chi connectivity index (χ0n) is 30.0. The minimum atomic E-state index is -0.118. The van der Waals surface area contributed by atoms with E-state index in [0.29, 0.717) is 11.8 Å². The van der Waals surface area contributed by atoms with Crippen LogP contribution in [0.3, 0.4) is 0 Å². The number of aromatic nitrogens is 2. The first-order chi connectivity index (χ1) is 22.7. The molecular weight excluding hydrogens is 596 g/mol. The Bertz CT molecular complexity index is 1650. The summed E-state index contributed by atoms with van der Waals surface area (Å²) in [5.74, 6) is 1.10. The number of anilines is 2. The molecule has 0 radical (unpaired) electrons. The Labute approximate surface area is 286 Å². The van der Waals surface area contributed by atoms with E-state index in [9.17, 15) is 9.59 Å². The molecular formula is C40H52N6O2. The topological polar surface area (TPSA) is 90.5 Å². The van der Waals surface area contributed by atoms with Gasteiger partial charge in [0.05, 0.1) is 35.9 Å². The summed E-state index contributed by atoms with van der Waals surface area (Å²) >= 11 is 0. The van der Waals surface area contributed by atoms with Crippen LogP contribution in [0.15, 0.2) is 36.9 Å². The van der Waals surface area contributed by atoms with E-state index in [1.165, 1.54) is 33.4 Å². The molecule has 2 amide bonds. The molecule has 8 nitrogen and oxygen atoms in total. The van der Waals surface area contributed by atoms with Gasteiger partial charge in [0.2, 0.25) is 11.8 Å².